The van der Waals surface area contributed by atoms with Gasteiger partial charge >= 0.3 is 5.97 Å². The van der Waals surface area contributed by atoms with Crippen molar-refractivity contribution in [1.29, 1.82) is 0 Å². The van der Waals surface area contributed by atoms with E-state index >= 15 is 0 Å². The average Bonchev–Trinajstić information content (AvgIpc) is 3.23. The predicted octanol–water partition coefficient (Wildman–Crippen LogP) is 2.85. The van der Waals surface area contributed by atoms with Crippen molar-refractivity contribution in [1.82, 2.24) is 4.90 Å². The molecular weight excluding hydrogens is 840 g/mol. The minimum Gasteiger partial charge on any atom is -0.459 e. The van der Waals surface area contributed by atoms with E-state index in [1.54, 1.807) is 55.8 Å². The van der Waals surface area contributed by atoms with Crippen LogP contribution < -0.4 is 0 Å². The lowest BCUT2D eigenvalue weighted by atomic mass is 9.73. The van der Waals surface area contributed by atoms with Gasteiger partial charge in [-0.1, -0.05) is 32.9 Å². The van der Waals surface area contributed by atoms with Gasteiger partial charge in [0.25, 0.3) is 0 Å². The number of ether oxygens (including phenoxy) is 11. The zero-order chi connectivity index (χ0) is 48.2. The minimum absolute atomic E-state index is 0.0212. The second-order valence-electron chi connectivity index (χ2n) is 18.9. The summed E-state index contributed by atoms with van der Waals surface area (Å²) < 4.78 is 66.4. The van der Waals surface area contributed by atoms with Crippen LogP contribution in [-0.2, 0) is 61.7 Å². The number of rotatable bonds is 19. The topological polar surface area (TPSA) is 224 Å². The molecule has 0 spiro atoms. The van der Waals surface area contributed by atoms with Gasteiger partial charge in [0.05, 0.1) is 79.8 Å². The number of nitrogens with zero attached hydrogens (tertiary/aromatic N) is 2. The Morgan fingerprint density at radius 3 is 2.02 bits per heavy atom. The lowest BCUT2D eigenvalue weighted by Gasteiger charge is -2.49. The summed E-state index contributed by atoms with van der Waals surface area (Å²) in [5, 5.41) is 52.6. The van der Waals surface area contributed by atoms with E-state index in [0.29, 0.717) is 32.0 Å². The molecule has 19 heteroatoms. The molecule has 0 aromatic heterocycles. The molecule has 0 aromatic carbocycles. The molecule has 4 N–H and O–H groups in total. The highest BCUT2D eigenvalue weighted by molar-refractivity contribution is 5.88. The van der Waals surface area contributed by atoms with E-state index in [-0.39, 0.29) is 51.6 Å². The summed E-state index contributed by atoms with van der Waals surface area (Å²) in [6, 6.07) is -0.197. The highest BCUT2D eigenvalue weighted by Gasteiger charge is 2.53. The number of carbonyl (C=O) groups is 1. The van der Waals surface area contributed by atoms with E-state index in [1.807, 2.05) is 39.8 Å². The summed E-state index contributed by atoms with van der Waals surface area (Å²) in [5.41, 5.74) is -4.50. The number of carbonyl (C=O) groups excluding carboxylic acids is 1. The van der Waals surface area contributed by atoms with Crippen molar-refractivity contribution in [2.75, 3.05) is 75.4 Å². The van der Waals surface area contributed by atoms with Crippen LogP contribution in [0.25, 0.3) is 0 Å². The molecule has 64 heavy (non-hydrogen) atoms. The maximum atomic E-state index is 14.5. The van der Waals surface area contributed by atoms with Crippen LogP contribution in [-0.4, -0.2) is 197 Å². The molecule has 19 nitrogen and oxygen atoms in total. The smallest absolute Gasteiger partial charge is 0.311 e. The quantitative estimate of drug-likeness (QED) is 0.0633. The van der Waals surface area contributed by atoms with Crippen LogP contribution in [0.5, 0.6) is 0 Å². The fourth-order valence-corrected chi connectivity index (χ4v) is 9.43. The van der Waals surface area contributed by atoms with Crippen LogP contribution in [0.15, 0.2) is 5.16 Å². The van der Waals surface area contributed by atoms with Crippen molar-refractivity contribution in [3.63, 3.8) is 0 Å². The number of likely N-dealkylation sites (N-methyl/N-ethyl adjacent to an activating group) is 1. The molecule has 3 saturated heterocycles. The van der Waals surface area contributed by atoms with Crippen LogP contribution in [0.3, 0.4) is 0 Å². The predicted molar refractivity (Wildman–Crippen MR) is 234 cm³/mol. The lowest BCUT2D eigenvalue weighted by Crippen LogP contribution is -2.61. The van der Waals surface area contributed by atoms with Gasteiger partial charge in [0, 0.05) is 51.5 Å². The molecule has 0 aliphatic carbocycles. The summed E-state index contributed by atoms with van der Waals surface area (Å²) in [6.07, 6.45) is -8.87. The first-order chi connectivity index (χ1) is 30.0. The second kappa shape index (κ2) is 25.6. The standard InChI is InChI=1S/C45H84N2O17/c1-16-33-45(10,52)38(48)28(4)35(46-59-25-57-20-18-54-14)26(2)22-43(8,51)40(64-42-37(58-24-56-19-17-53-13)32(47(11)12)21-27(3)60-42)29(5)36(30(6)41(50)62-33)63-34-23-44(9,55-15)39(49)31(7)61-34/h26-34,36-40,42,48-49,51-52H,16-25H2,1-15H3/b46-35+/t26-,27-,28+,29-,30-,31+,32+,33-,34+,36+,37-,38+,39+,40-,42+,43-,44-,45-/m1/s1. The van der Waals surface area contributed by atoms with E-state index in [0.717, 1.165) is 0 Å². The van der Waals surface area contributed by atoms with Gasteiger partial charge in [-0.15, -0.1) is 0 Å². The Morgan fingerprint density at radius 1 is 0.812 bits per heavy atom. The summed E-state index contributed by atoms with van der Waals surface area (Å²) in [5.74, 6) is -4.14. The fraction of sp³-hybridized carbons (Fsp3) is 0.956. The van der Waals surface area contributed by atoms with Gasteiger partial charge in [-0.3, -0.25) is 4.79 Å². The molecule has 3 heterocycles. The van der Waals surface area contributed by atoms with Gasteiger partial charge in [-0.2, -0.15) is 0 Å². The van der Waals surface area contributed by atoms with Crippen molar-refractivity contribution >= 4 is 11.7 Å². The third-order valence-electron chi connectivity index (χ3n) is 13.3. The molecule has 0 saturated carbocycles. The normalized spacial score (nSPS) is 42.7. The second-order valence-corrected chi connectivity index (χ2v) is 18.9. The molecular formula is C45H84N2O17. The lowest BCUT2D eigenvalue weighted by molar-refractivity contribution is -0.325. The number of hydrogen-bond acceptors (Lipinski definition) is 19. The summed E-state index contributed by atoms with van der Waals surface area (Å²) in [7, 11) is 8.52. The first-order valence-electron chi connectivity index (χ1n) is 22.8. The van der Waals surface area contributed by atoms with Gasteiger partial charge in [-0.05, 0) is 74.9 Å². The number of methoxy groups -OCH3 is 3. The largest absolute Gasteiger partial charge is 0.459 e. The van der Waals surface area contributed by atoms with E-state index < -0.39 is 102 Å². The molecule has 3 rings (SSSR count). The molecule has 0 radical (unpaired) electrons. The Bertz CT molecular complexity index is 1410. The van der Waals surface area contributed by atoms with Gasteiger partial charge in [-0.25, -0.2) is 0 Å². The third-order valence-corrected chi connectivity index (χ3v) is 13.3. The number of aliphatic hydroxyl groups is 4. The van der Waals surface area contributed by atoms with Crippen LogP contribution in [0.1, 0.15) is 94.9 Å². The van der Waals surface area contributed by atoms with E-state index in [1.165, 1.54) is 14.0 Å². The SMILES string of the molecule is CC[C@H]1OC(=O)[C@H](C)[C@@H](O[C@H]2C[C@@](C)(OC)[C@@H](O)[C@H](C)O2)[C@@H](C)[C@@H](O[C@@H]2O[C@H](C)C[C@H](N(C)C)[C@H]2OCOCCOC)[C@](C)(O)C[C@@H](C)/C(=N\OCOCCOC)[C@H](C)[C@H](O)[C@]1(C)O. The Balaban J connectivity index is 2.26. The van der Waals surface area contributed by atoms with Crippen LogP contribution in [0.4, 0.5) is 0 Å². The zero-order valence-electron chi connectivity index (χ0n) is 41.2. The highest BCUT2D eigenvalue weighted by atomic mass is 16.7. The molecule has 18 atom stereocenters. The van der Waals surface area contributed by atoms with Gasteiger partial charge in [0.15, 0.2) is 12.6 Å². The number of cyclic esters (lactones) is 1. The van der Waals surface area contributed by atoms with E-state index in [9.17, 15) is 25.2 Å². The van der Waals surface area contributed by atoms with Crippen LogP contribution >= 0.6 is 0 Å². The number of oxime groups is 1. The number of hydrogen-bond donors (Lipinski definition) is 4. The first-order valence-corrected chi connectivity index (χ1v) is 22.8. The number of esters is 1. The van der Waals surface area contributed by atoms with Crippen LogP contribution in [0.2, 0.25) is 0 Å². The third kappa shape index (κ3) is 14.7. The maximum Gasteiger partial charge on any atom is 0.311 e. The minimum atomic E-state index is -1.97. The number of aliphatic hydroxyl groups excluding tert-OH is 2. The summed E-state index contributed by atoms with van der Waals surface area (Å²) in [4.78, 5) is 22.2. The molecule has 0 bridgehead atoms. The maximum absolute atomic E-state index is 14.5. The Morgan fingerprint density at radius 2 is 1.44 bits per heavy atom. The van der Waals surface area contributed by atoms with Gasteiger partial charge < -0.3 is 82.3 Å². The Kier molecular flexibility index (Phi) is 22.7. The van der Waals surface area contributed by atoms with Crippen molar-refractivity contribution in [2.24, 2.45) is 28.8 Å². The average molecular weight is 925 g/mol. The summed E-state index contributed by atoms with van der Waals surface area (Å²) >= 11 is 0. The zero-order valence-corrected chi connectivity index (χ0v) is 41.2. The van der Waals surface area contributed by atoms with Crippen molar-refractivity contribution in [3.8, 4) is 0 Å². The Labute approximate surface area is 381 Å². The summed E-state index contributed by atoms with van der Waals surface area (Å²) in [6.45, 7) is 18.1. The highest BCUT2D eigenvalue weighted by Crippen LogP contribution is 2.41. The van der Waals surface area contributed by atoms with E-state index in [2.05, 4.69) is 5.16 Å². The monoisotopic (exact) mass is 925 g/mol. The van der Waals surface area contributed by atoms with Gasteiger partial charge in [0.2, 0.25) is 6.79 Å². The van der Waals surface area contributed by atoms with Crippen molar-refractivity contribution in [2.45, 2.75) is 179 Å². The van der Waals surface area contributed by atoms with Gasteiger partial charge in [0.1, 0.15) is 30.7 Å². The van der Waals surface area contributed by atoms with Crippen molar-refractivity contribution in [3.05, 3.63) is 0 Å². The Hall–Kier alpha value is -1.66. The molecule has 0 amide bonds. The molecule has 3 fully saturated rings. The van der Waals surface area contributed by atoms with Crippen LogP contribution in [0, 0.1) is 23.7 Å². The fourth-order valence-electron chi connectivity index (χ4n) is 9.43. The molecule has 0 aromatic rings. The van der Waals surface area contributed by atoms with E-state index in [4.69, 9.17) is 56.9 Å². The molecule has 0 unspecified atom stereocenters. The molecule has 3 aliphatic heterocycles. The molecule has 376 valence electrons. The first kappa shape index (κ1) is 56.7. The molecule has 3 aliphatic rings. The van der Waals surface area contributed by atoms with Crippen molar-refractivity contribution < 1.29 is 82.2 Å².